The number of aromatic hydroxyl groups is 1. The fraction of sp³-hybridized carbons (Fsp3) is 0.294. The van der Waals surface area contributed by atoms with Crippen molar-refractivity contribution in [1.82, 2.24) is 0 Å². The predicted molar refractivity (Wildman–Crippen MR) is 87.4 cm³/mol. The van der Waals surface area contributed by atoms with Crippen molar-refractivity contribution < 1.29 is 33.5 Å². The molecule has 1 N–H and O–H groups in total. The van der Waals surface area contributed by atoms with Crippen molar-refractivity contribution in [1.29, 1.82) is 0 Å². The van der Waals surface area contributed by atoms with Gasteiger partial charge in [-0.25, -0.2) is 0 Å². The first-order valence-corrected chi connectivity index (χ1v) is 7.01. The summed E-state index contributed by atoms with van der Waals surface area (Å²) in [5.41, 5.74) is 0. The third kappa shape index (κ3) is 3.19. The van der Waals surface area contributed by atoms with Gasteiger partial charge in [0, 0.05) is 12.1 Å². The minimum atomic E-state index is -0.0688. The van der Waals surface area contributed by atoms with Gasteiger partial charge >= 0.3 is 0 Å². The number of hydrogen-bond acceptors (Lipinski definition) is 7. The molecule has 0 aromatic heterocycles. The van der Waals surface area contributed by atoms with Crippen molar-refractivity contribution >= 4 is 0 Å². The molecule has 0 atom stereocenters. The largest absolute Gasteiger partial charge is 0.504 e. The summed E-state index contributed by atoms with van der Waals surface area (Å²) < 4.78 is 32.2. The molecule has 0 fully saturated rings. The van der Waals surface area contributed by atoms with Crippen molar-refractivity contribution in [2.24, 2.45) is 0 Å². The summed E-state index contributed by atoms with van der Waals surface area (Å²) in [6.45, 7) is 0. The zero-order chi connectivity index (χ0) is 17.7. The Hall–Kier alpha value is -2.96. The van der Waals surface area contributed by atoms with Crippen LogP contribution >= 0.6 is 0 Å². The van der Waals surface area contributed by atoms with Crippen LogP contribution in [0.1, 0.15) is 0 Å². The fourth-order valence-electron chi connectivity index (χ4n) is 2.22. The molecule has 2 rings (SSSR count). The first kappa shape index (κ1) is 17.4. The SMILES string of the molecule is COc1cc(Oc2c(OC)ccc(O)c2OC)cc(OC)c1OC. The van der Waals surface area contributed by atoms with Crippen LogP contribution in [0.5, 0.6) is 46.0 Å². The molecule has 0 saturated carbocycles. The number of benzene rings is 2. The molecule has 0 aliphatic heterocycles. The number of phenolic OH excluding ortho intramolecular Hbond substituents is 1. The summed E-state index contributed by atoms with van der Waals surface area (Å²) in [6.07, 6.45) is 0. The molecule has 0 aliphatic carbocycles. The van der Waals surface area contributed by atoms with Gasteiger partial charge in [0.25, 0.3) is 0 Å². The lowest BCUT2D eigenvalue weighted by Crippen LogP contribution is -1.98. The van der Waals surface area contributed by atoms with Crippen LogP contribution in [0.4, 0.5) is 0 Å². The summed E-state index contributed by atoms with van der Waals surface area (Å²) in [4.78, 5) is 0. The molecule has 2 aromatic rings. The van der Waals surface area contributed by atoms with E-state index in [4.69, 9.17) is 28.4 Å². The normalized spacial score (nSPS) is 10.0. The maximum absolute atomic E-state index is 9.94. The molecular formula is C17H20O7. The van der Waals surface area contributed by atoms with Gasteiger partial charge in [-0.3, -0.25) is 0 Å². The number of phenols is 1. The molecule has 0 spiro atoms. The number of rotatable bonds is 7. The van der Waals surface area contributed by atoms with Crippen LogP contribution < -0.4 is 28.4 Å². The van der Waals surface area contributed by atoms with Crippen LogP contribution in [0.25, 0.3) is 0 Å². The molecule has 0 bridgehead atoms. The average Bonchev–Trinajstić information content (AvgIpc) is 2.61. The Balaban J connectivity index is 2.54. The van der Waals surface area contributed by atoms with E-state index < -0.39 is 0 Å². The van der Waals surface area contributed by atoms with Crippen molar-refractivity contribution in [3.63, 3.8) is 0 Å². The number of ether oxygens (including phenoxy) is 6. The lowest BCUT2D eigenvalue weighted by atomic mass is 10.2. The Morgan fingerprint density at radius 2 is 1.17 bits per heavy atom. The van der Waals surface area contributed by atoms with Crippen LogP contribution in [0.15, 0.2) is 24.3 Å². The zero-order valence-electron chi connectivity index (χ0n) is 14.2. The molecule has 0 amide bonds. The second-order valence-corrected chi connectivity index (χ2v) is 4.61. The van der Waals surface area contributed by atoms with Gasteiger partial charge in [-0.05, 0) is 12.1 Å². The van der Waals surface area contributed by atoms with E-state index in [0.29, 0.717) is 28.7 Å². The van der Waals surface area contributed by atoms with E-state index in [1.54, 1.807) is 18.2 Å². The van der Waals surface area contributed by atoms with Gasteiger partial charge in [0.05, 0.1) is 35.5 Å². The highest BCUT2D eigenvalue weighted by molar-refractivity contribution is 5.62. The van der Waals surface area contributed by atoms with Crippen LogP contribution in [-0.4, -0.2) is 40.7 Å². The van der Waals surface area contributed by atoms with E-state index in [2.05, 4.69) is 0 Å². The summed E-state index contributed by atoms with van der Waals surface area (Å²) in [6, 6.07) is 6.29. The van der Waals surface area contributed by atoms with Crippen molar-refractivity contribution in [3.8, 4) is 46.0 Å². The molecule has 130 valence electrons. The molecule has 24 heavy (non-hydrogen) atoms. The van der Waals surface area contributed by atoms with E-state index in [9.17, 15) is 5.11 Å². The van der Waals surface area contributed by atoms with Crippen LogP contribution in [0.3, 0.4) is 0 Å². The van der Waals surface area contributed by atoms with Gasteiger partial charge in [-0.2, -0.15) is 0 Å². The molecule has 7 heteroatoms. The van der Waals surface area contributed by atoms with Crippen LogP contribution in [0, 0.1) is 0 Å². The Labute approximate surface area is 140 Å². The second-order valence-electron chi connectivity index (χ2n) is 4.61. The highest BCUT2D eigenvalue weighted by atomic mass is 16.5. The van der Waals surface area contributed by atoms with Gasteiger partial charge in [0.1, 0.15) is 5.75 Å². The Kier molecular flexibility index (Phi) is 5.47. The van der Waals surface area contributed by atoms with E-state index in [1.165, 1.54) is 41.6 Å². The second kappa shape index (κ2) is 7.54. The van der Waals surface area contributed by atoms with Gasteiger partial charge in [-0.15, -0.1) is 0 Å². The lowest BCUT2D eigenvalue weighted by Gasteiger charge is -2.17. The van der Waals surface area contributed by atoms with Crippen LogP contribution in [0.2, 0.25) is 0 Å². The maximum atomic E-state index is 9.94. The molecule has 0 aliphatic rings. The van der Waals surface area contributed by atoms with E-state index in [1.807, 2.05) is 0 Å². The van der Waals surface area contributed by atoms with Gasteiger partial charge in [0.15, 0.2) is 23.0 Å². The average molecular weight is 336 g/mol. The highest BCUT2D eigenvalue weighted by Gasteiger charge is 2.20. The third-order valence-corrected chi connectivity index (χ3v) is 3.34. The molecular weight excluding hydrogens is 316 g/mol. The minimum Gasteiger partial charge on any atom is -0.504 e. The van der Waals surface area contributed by atoms with E-state index in [-0.39, 0.29) is 17.2 Å². The van der Waals surface area contributed by atoms with Crippen molar-refractivity contribution in [3.05, 3.63) is 24.3 Å². The van der Waals surface area contributed by atoms with Crippen molar-refractivity contribution in [2.45, 2.75) is 0 Å². The topological polar surface area (TPSA) is 75.6 Å². The highest BCUT2D eigenvalue weighted by Crippen LogP contribution is 2.48. The summed E-state index contributed by atoms with van der Waals surface area (Å²) in [7, 11) is 7.46. The maximum Gasteiger partial charge on any atom is 0.214 e. The quantitative estimate of drug-likeness (QED) is 0.832. The molecule has 0 radical (unpaired) electrons. The smallest absolute Gasteiger partial charge is 0.214 e. The molecule has 0 saturated heterocycles. The lowest BCUT2D eigenvalue weighted by molar-refractivity contribution is 0.314. The Morgan fingerprint density at radius 3 is 1.62 bits per heavy atom. The Bertz CT molecular complexity index is 687. The molecule has 0 heterocycles. The Morgan fingerprint density at radius 1 is 0.625 bits per heavy atom. The summed E-state index contributed by atoms with van der Waals surface area (Å²) in [5.74, 6) is 2.43. The monoisotopic (exact) mass is 336 g/mol. The standard InChI is InChI=1S/C17H20O7/c1-19-12-7-6-11(18)15(22-4)17(12)24-10-8-13(20-2)16(23-5)14(9-10)21-3/h6-9,18H,1-5H3. The fourth-order valence-corrected chi connectivity index (χ4v) is 2.22. The molecule has 2 aromatic carbocycles. The molecule has 7 nitrogen and oxygen atoms in total. The van der Waals surface area contributed by atoms with Crippen molar-refractivity contribution in [2.75, 3.05) is 35.5 Å². The number of hydrogen-bond donors (Lipinski definition) is 1. The zero-order valence-corrected chi connectivity index (χ0v) is 14.2. The third-order valence-electron chi connectivity index (χ3n) is 3.34. The van der Waals surface area contributed by atoms with Gasteiger partial charge in [0.2, 0.25) is 17.2 Å². The summed E-state index contributed by atoms with van der Waals surface area (Å²) in [5, 5.41) is 9.94. The van der Waals surface area contributed by atoms with E-state index in [0.717, 1.165) is 0 Å². The number of methoxy groups -OCH3 is 5. The first-order valence-electron chi connectivity index (χ1n) is 7.01. The van der Waals surface area contributed by atoms with Crippen LogP contribution in [-0.2, 0) is 0 Å². The van der Waals surface area contributed by atoms with Gasteiger partial charge < -0.3 is 33.5 Å². The first-order chi connectivity index (χ1) is 11.6. The van der Waals surface area contributed by atoms with E-state index >= 15 is 0 Å². The summed E-state index contributed by atoms with van der Waals surface area (Å²) >= 11 is 0. The molecule has 0 unspecified atom stereocenters. The predicted octanol–water partition coefficient (Wildman–Crippen LogP) is 3.23. The van der Waals surface area contributed by atoms with Gasteiger partial charge in [-0.1, -0.05) is 0 Å². The minimum absolute atomic E-state index is 0.0688.